The second kappa shape index (κ2) is 3.85. The topological polar surface area (TPSA) is 61.1 Å². The van der Waals surface area contributed by atoms with Gasteiger partial charge >= 0.3 is 6.03 Å². The van der Waals surface area contributed by atoms with Crippen LogP contribution < -0.4 is 10.4 Å². The molecule has 0 fully saturated rings. The van der Waals surface area contributed by atoms with Gasteiger partial charge in [0, 0.05) is 18.3 Å². The van der Waals surface area contributed by atoms with Crippen LogP contribution >= 0.6 is 0 Å². The van der Waals surface area contributed by atoms with Gasteiger partial charge in [0.15, 0.2) is 6.20 Å². The average Bonchev–Trinajstić information content (AvgIpc) is 2.47. The fourth-order valence-corrected chi connectivity index (χ4v) is 0.781. The quantitative estimate of drug-likeness (QED) is 0.676. The first-order valence-corrected chi connectivity index (χ1v) is 3.96. The van der Waals surface area contributed by atoms with Crippen LogP contribution in [0.5, 0.6) is 0 Å². The molecule has 1 aromatic rings. The smallest absolute Gasteiger partial charge is 0.332 e. The highest BCUT2D eigenvalue weighted by atomic mass is 16.2. The summed E-state index contributed by atoms with van der Waals surface area (Å²) in [4.78, 5) is 12.4. The van der Waals surface area contributed by atoms with Crippen molar-refractivity contribution in [1.29, 1.82) is 0 Å². The Kier molecular flexibility index (Phi) is 2.79. The Labute approximate surface area is 70.8 Å². The van der Waals surface area contributed by atoms with E-state index in [2.05, 4.69) is 15.5 Å². The minimum Gasteiger partial charge on any atom is -0.332 e. The van der Waals surface area contributed by atoms with E-state index in [1.807, 2.05) is 13.8 Å². The third-order valence-corrected chi connectivity index (χ3v) is 1.37. The molecule has 0 unspecified atom stereocenters. The van der Waals surface area contributed by atoms with Crippen LogP contribution in [0.4, 0.5) is 4.79 Å². The molecule has 0 atom stereocenters. The van der Waals surface area contributed by atoms with Crippen molar-refractivity contribution in [1.82, 2.24) is 15.2 Å². The van der Waals surface area contributed by atoms with E-state index in [0.29, 0.717) is 6.54 Å². The van der Waals surface area contributed by atoms with Crippen molar-refractivity contribution in [2.75, 3.05) is 6.54 Å². The summed E-state index contributed by atoms with van der Waals surface area (Å²) in [6.07, 6.45) is 2.59. The predicted octanol–water partition coefficient (Wildman–Crippen LogP) is -0.0267. The maximum absolute atomic E-state index is 11.2. The van der Waals surface area contributed by atoms with Crippen molar-refractivity contribution in [3.8, 4) is 0 Å². The van der Waals surface area contributed by atoms with Gasteiger partial charge in [-0.3, -0.25) is 0 Å². The second-order valence-corrected chi connectivity index (χ2v) is 2.56. The van der Waals surface area contributed by atoms with Crippen LogP contribution in [0, 0.1) is 6.92 Å². The van der Waals surface area contributed by atoms with E-state index in [-0.39, 0.29) is 6.03 Å². The molecule has 5 heteroatoms. The number of hydrogen-bond donors (Lipinski definition) is 1. The lowest BCUT2D eigenvalue weighted by molar-refractivity contribution is -0.478. The molecule has 0 aromatic carbocycles. The van der Waals surface area contributed by atoms with Crippen molar-refractivity contribution < 1.29 is 9.89 Å². The number of aromatic amines is 1. The highest BCUT2D eigenvalue weighted by Gasteiger charge is 2.11. The lowest BCUT2D eigenvalue weighted by atomic mass is 10.5. The van der Waals surface area contributed by atoms with Crippen LogP contribution in [-0.4, -0.2) is 22.5 Å². The Bertz CT molecular complexity index is 268. The number of rotatable bonds is 2. The van der Waals surface area contributed by atoms with Crippen LogP contribution in [0.1, 0.15) is 19.0 Å². The Balaban J connectivity index is 2.53. The fraction of sp³-hybridized carbons (Fsp3) is 0.571. The first-order valence-electron chi connectivity index (χ1n) is 3.96. The molecule has 0 aliphatic heterocycles. The molecular formula is C7H13N4O+. The third kappa shape index (κ3) is 2.05. The van der Waals surface area contributed by atoms with Crippen molar-refractivity contribution in [2.45, 2.75) is 20.3 Å². The van der Waals surface area contributed by atoms with Gasteiger partial charge in [-0.1, -0.05) is 6.92 Å². The number of aromatic nitrogens is 3. The normalized spacial score (nSPS) is 9.83. The molecule has 0 saturated carbocycles. The van der Waals surface area contributed by atoms with Gasteiger partial charge in [0.25, 0.3) is 0 Å². The molecule has 1 rings (SSSR count). The second-order valence-electron chi connectivity index (χ2n) is 2.56. The van der Waals surface area contributed by atoms with Gasteiger partial charge < -0.3 is 5.32 Å². The summed E-state index contributed by atoms with van der Waals surface area (Å²) in [5, 5.41) is 9.31. The highest BCUT2D eigenvalue weighted by Crippen LogP contribution is 1.82. The number of amides is 1. The lowest BCUT2D eigenvalue weighted by Crippen LogP contribution is -2.36. The minimum atomic E-state index is -0.218. The molecule has 12 heavy (non-hydrogen) atoms. The summed E-state index contributed by atoms with van der Waals surface area (Å²) in [6, 6.07) is -0.218. The van der Waals surface area contributed by atoms with E-state index in [9.17, 15) is 4.79 Å². The summed E-state index contributed by atoms with van der Waals surface area (Å²) in [7, 11) is 0. The first-order chi connectivity index (χ1) is 5.74. The van der Waals surface area contributed by atoms with Gasteiger partial charge in [-0.05, 0) is 6.42 Å². The molecular weight excluding hydrogens is 156 g/mol. The van der Waals surface area contributed by atoms with Crippen LogP contribution in [-0.2, 0) is 0 Å². The molecule has 0 spiro atoms. The Hall–Kier alpha value is -1.39. The standard InChI is InChI=1S/C7H12N4O/c1-3-4-8-7(12)11-9-5-6(2)10-11/h5H,3-4H2,1-2H3,(H,8,12)/p+1. The minimum absolute atomic E-state index is 0.218. The molecule has 66 valence electrons. The van der Waals surface area contributed by atoms with E-state index < -0.39 is 0 Å². The number of aryl methyl sites for hydroxylation is 1. The summed E-state index contributed by atoms with van der Waals surface area (Å²) >= 11 is 0. The SMILES string of the molecule is CCCNC(=O)n1nc(C)c[nH+]1. The molecule has 1 heterocycles. The largest absolute Gasteiger partial charge is 0.398 e. The number of carbonyl (C=O) groups is 1. The van der Waals surface area contributed by atoms with E-state index in [0.717, 1.165) is 12.1 Å². The summed E-state index contributed by atoms with van der Waals surface area (Å²) < 4.78 is 0. The molecule has 0 bridgehead atoms. The van der Waals surface area contributed by atoms with Gasteiger partial charge in [0.05, 0.1) is 5.10 Å². The Morgan fingerprint density at radius 2 is 2.58 bits per heavy atom. The zero-order chi connectivity index (χ0) is 8.97. The first kappa shape index (κ1) is 8.70. The number of nitrogens with zero attached hydrogens (tertiary/aromatic N) is 2. The zero-order valence-electron chi connectivity index (χ0n) is 7.29. The van der Waals surface area contributed by atoms with Crippen LogP contribution in [0.25, 0.3) is 0 Å². The monoisotopic (exact) mass is 169 g/mol. The van der Waals surface area contributed by atoms with Gasteiger partial charge in [0.2, 0.25) is 5.69 Å². The van der Waals surface area contributed by atoms with Crippen molar-refractivity contribution in [2.24, 2.45) is 0 Å². The summed E-state index contributed by atoms with van der Waals surface area (Å²) in [6.45, 7) is 4.49. The number of carbonyl (C=O) groups excluding carboxylic acids is 1. The molecule has 1 aromatic heterocycles. The molecule has 5 nitrogen and oxygen atoms in total. The van der Waals surface area contributed by atoms with Crippen LogP contribution in [0.15, 0.2) is 6.20 Å². The molecule has 1 amide bonds. The number of hydrogen-bond acceptors (Lipinski definition) is 2. The predicted molar refractivity (Wildman–Crippen MR) is 42.6 cm³/mol. The number of H-pyrrole nitrogens is 1. The van der Waals surface area contributed by atoms with Crippen molar-refractivity contribution in [3.63, 3.8) is 0 Å². The third-order valence-electron chi connectivity index (χ3n) is 1.37. The van der Waals surface area contributed by atoms with Gasteiger partial charge in [-0.15, -0.1) is 0 Å². The highest BCUT2D eigenvalue weighted by molar-refractivity contribution is 5.73. The van der Waals surface area contributed by atoms with Gasteiger partial charge in [0.1, 0.15) is 0 Å². The van der Waals surface area contributed by atoms with Gasteiger partial charge in [-0.2, -0.15) is 5.10 Å². The molecule has 0 aliphatic carbocycles. The maximum Gasteiger partial charge on any atom is 0.398 e. The molecule has 0 radical (unpaired) electrons. The van der Waals surface area contributed by atoms with E-state index in [1.165, 1.54) is 4.80 Å². The lowest BCUT2D eigenvalue weighted by Gasteiger charge is -1.95. The number of nitrogens with one attached hydrogen (secondary N) is 2. The summed E-state index contributed by atoms with van der Waals surface area (Å²) in [5.41, 5.74) is 0.793. The maximum atomic E-state index is 11.2. The molecule has 2 N–H and O–H groups in total. The van der Waals surface area contributed by atoms with Crippen molar-refractivity contribution in [3.05, 3.63) is 11.9 Å². The summed E-state index contributed by atoms with van der Waals surface area (Å²) in [5.74, 6) is 0. The average molecular weight is 169 g/mol. The molecule has 0 saturated heterocycles. The molecule has 0 aliphatic rings. The fourth-order valence-electron chi connectivity index (χ4n) is 0.781. The van der Waals surface area contributed by atoms with E-state index >= 15 is 0 Å². The van der Waals surface area contributed by atoms with E-state index in [4.69, 9.17) is 0 Å². The van der Waals surface area contributed by atoms with Crippen LogP contribution in [0.2, 0.25) is 0 Å². The van der Waals surface area contributed by atoms with E-state index in [1.54, 1.807) is 6.20 Å². The Morgan fingerprint density at radius 1 is 1.83 bits per heavy atom. The van der Waals surface area contributed by atoms with Gasteiger partial charge in [-0.25, -0.2) is 4.79 Å². The van der Waals surface area contributed by atoms with Crippen LogP contribution in [0.3, 0.4) is 0 Å². The zero-order valence-corrected chi connectivity index (χ0v) is 7.29. The van der Waals surface area contributed by atoms with Crippen molar-refractivity contribution >= 4 is 6.03 Å². The Morgan fingerprint density at radius 3 is 3.08 bits per heavy atom.